The average molecular weight is 463 g/mol. The van der Waals surface area contributed by atoms with Crippen molar-refractivity contribution in [1.29, 1.82) is 5.26 Å². The Morgan fingerprint density at radius 3 is 2.27 bits per heavy atom. The van der Waals surface area contributed by atoms with E-state index in [2.05, 4.69) is 4.57 Å². The molecule has 0 spiro atoms. The van der Waals surface area contributed by atoms with Gasteiger partial charge in [-0.25, -0.2) is 8.42 Å². The van der Waals surface area contributed by atoms with Gasteiger partial charge in [-0.2, -0.15) is 9.57 Å². The zero-order valence-electron chi connectivity index (χ0n) is 18.7. The SMILES string of the molecule is Cc1cc(C(=O)CN2CCN(S(=O)(=O)c3ccccc3C#N)CC2)c(C)n1-c1ccccc1. The van der Waals surface area contributed by atoms with E-state index in [9.17, 15) is 18.5 Å². The summed E-state index contributed by atoms with van der Waals surface area (Å²) in [7, 11) is -3.75. The van der Waals surface area contributed by atoms with Gasteiger partial charge in [-0.05, 0) is 44.2 Å². The first kappa shape index (κ1) is 22.9. The van der Waals surface area contributed by atoms with Gasteiger partial charge in [-0.3, -0.25) is 9.69 Å². The average Bonchev–Trinajstić information content (AvgIpc) is 3.13. The summed E-state index contributed by atoms with van der Waals surface area (Å²) < 4.78 is 29.5. The first-order valence-corrected chi connectivity index (χ1v) is 12.3. The summed E-state index contributed by atoms with van der Waals surface area (Å²) >= 11 is 0. The number of hydrogen-bond donors (Lipinski definition) is 0. The van der Waals surface area contributed by atoms with Gasteiger partial charge in [-0.1, -0.05) is 30.3 Å². The second-order valence-corrected chi connectivity index (χ2v) is 10.1. The van der Waals surface area contributed by atoms with Crippen LogP contribution in [0.25, 0.3) is 5.69 Å². The summed E-state index contributed by atoms with van der Waals surface area (Å²) in [5.41, 5.74) is 3.74. The minimum Gasteiger partial charge on any atom is -0.318 e. The van der Waals surface area contributed by atoms with Crippen LogP contribution in [-0.2, 0) is 10.0 Å². The van der Waals surface area contributed by atoms with Crippen molar-refractivity contribution >= 4 is 15.8 Å². The zero-order chi connectivity index (χ0) is 23.6. The van der Waals surface area contributed by atoms with Gasteiger partial charge in [-0.15, -0.1) is 0 Å². The number of nitriles is 1. The number of piperazine rings is 1. The van der Waals surface area contributed by atoms with Crippen LogP contribution in [0.1, 0.15) is 27.3 Å². The molecule has 1 aliphatic rings. The lowest BCUT2D eigenvalue weighted by atomic mass is 10.1. The van der Waals surface area contributed by atoms with Crippen molar-refractivity contribution in [3.05, 3.63) is 83.2 Å². The molecule has 7 nitrogen and oxygen atoms in total. The maximum atomic E-state index is 13.1. The molecule has 0 radical (unpaired) electrons. The van der Waals surface area contributed by atoms with Crippen molar-refractivity contribution in [2.45, 2.75) is 18.7 Å². The molecule has 0 amide bonds. The van der Waals surface area contributed by atoms with E-state index in [0.717, 1.165) is 17.1 Å². The third kappa shape index (κ3) is 4.48. The Balaban J connectivity index is 1.44. The van der Waals surface area contributed by atoms with Crippen LogP contribution >= 0.6 is 0 Å². The largest absolute Gasteiger partial charge is 0.318 e. The highest BCUT2D eigenvalue weighted by Crippen LogP contribution is 2.23. The molecule has 3 aromatic rings. The maximum Gasteiger partial charge on any atom is 0.244 e. The molecule has 4 rings (SSSR count). The molecule has 33 heavy (non-hydrogen) atoms. The predicted molar refractivity (Wildman–Crippen MR) is 126 cm³/mol. The Morgan fingerprint density at radius 2 is 1.61 bits per heavy atom. The summed E-state index contributed by atoms with van der Waals surface area (Å²) in [6.07, 6.45) is 0. The quantitative estimate of drug-likeness (QED) is 0.525. The number of aromatic nitrogens is 1. The van der Waals surface area contributed by atoms with Crippen LogP contribution in [0.4, 0.5) is 0 Å². The Morgan fingerprint density at radius 1 is 0.970 bits per heavy atom. The van der Waals surface area contributed by atoms with Gasteiger partial charge in [0.1, 0.15) is 6.07 Å². The molecule has 1 aliphatic heterocycles. The van der Waals surface area contributed by atoms with Crippen molar-refractivity contribution in [2.24, 2.45) is 0 Å². The standard InChI is InChI=1S/C25H26N4O3S/c1-19-16-23(20(2)29(19)22-9-4-3-5-10-22)24(30)18-27-12-14-28(15-13-27)33(31,32)25-11-7-6-8-21(25)17-26/h3-11,16H,12-15,18H2,1-2H3. The summed E-state index contributed by atoms with van der Waals surface area (Å²) in [6.45, 7) is 5.64. The number of carbonyl (C=O) groups excluding carboxylic acids is 1. The fourth-order valence-electron chi connectivity index (χ4n) is 4.36. The molecule has 0 bridgehead atoms. The molecule has 0 aliphatic carbocycles. The third-order valence-corrected chi connectivity index (χ3v) is 8.03. The lowest BCUT2D eigenvalue weighted by Gasteiger charge is -2.33. The van der Waals surface area contributed by atoms with E-state index in [1.807, 2.05) is 61.2 Å². The van der Waals surface area contributed by atoms with Crippen molar-refractivity contribution in [3.8, 4) is 11.8 Å². The lowest BCUT2D eigenvalue weighted by molar-refractivity contribution is 0.0901. The highest BCUT2D eigenvalue weighted by molar-refractivity contribution is 7.89. The third-order valence-electron chi connectivity index (χ3n) is 6.07. The number of ketones is 1. The smallest absolute Gasteiger partial charge is 0.244 e. The zero-order valence-corrected chi connectivity index (χ0v) is 19.5. The number of sulfonamides is 1. The summed E-state index contributed by atoms with van der Waals surface area (Å²) in [5.74, 6) is 0.0245. The van der Waals surface area contributed by atoms with Crippen LogP contribution in [0.5, 0.6) is 0 Å². The van der Waals surface area contributed by atoms with Crippen LogP contribution in [0, 0.1) is 25.2 Å². The van der Waals surface area contributed by atoms with Gasteiger partial charge in [0.25, 0.3) is 0 Å². The molecule has 1 aromatic heterocycles. The molecule has 1 saturated heterocycles. The number of rotatable bonds is 6. The Kier molecular flexibility index (Phi) is 6.47. The summed E-state index contributed by atoms with van der Waals surface area (Å²) in [5, 5.41) is 9.27. The molecule has 0 N–H and O–H groups in total. The molecule has 2 heterocycles. The van der Waals surface area contributed by atoms with Crippen LogP contribution in [0.15, 0.2) is 65.6 Å². The minimum absolute atomic E-state index is 0.0245. The van der Waals surface area contributed by atoms with Crippen molar-refractivity contribution < 1.29 is 13.2 Å². The summed E-state index contributed by atoms with van der Waals surface area (Å²) in [6, 6.07) is 20.0. The molecule has 170 valence electrons. The second kappa shape index (κ2) is 9.32. The van der Waals surface area contributed by atoms with E-state index < -0.39 is 10.0 Å². The van der Waals surface area contributed by atoms with Crippen molar-refractivity contribution in [2.75, 3.05) is 32.7 Å². The van der Waals surface area contributed by atoms with Crippen LogP contribution in [0.2, 0.25) is 0 Å². The second-order valence-electron chi connectivity index (χ2n) is 8.17. The highest BCUT2D eigenvalue weighted by atomic mass is 32.2. The number of aryl methyl sites for hydroxylation is 1. The van der Waals surface area contributed by atoms with Crippen LogP contribution in [-0.4, -0.2) is 60.7 Å². The maximum absolute atomic E-state index is 13.1. The first-order valence-electron chi connectivity index (χ1n) is 10.8. The van der Waals surface area contributed by atoms with Gasteiger partial charge in [0.05, 0.1) is 17.0 Å². The molecule has 2 aromatic carbocycles. The van der Waals surface area contributed by atoms with Crippen molar-refractivity contribution in [1.82, 2.24) is 13.8 Å². The number of hydrogen-bond acceptors (Lipinski definition) is 5. The number of benzene rings is 2. The van der Waals surface area contributed by atoms with E-state index in [4.69, 9.17) is 0 Å². The summed E-state index contributed by atoms with van der Waals surface area (Å²) in [4.78, 5) is 15.1. The highest BCUT2D eigenvalue weighted by Gasteiger charge is 2.31. The van der Waals surface area contributed by atoms with E-state index in [1.165, 1.54) is 16.4 Å². The van der Waals surface area contributed by atoms with E-state index in [1.54, 1.807) is 12.1 Å². The topological polar surface area (TPSA) is 86.4 Å². The molecular weight excluding hydrogens is 436 g/mol. The molecular formula is C25H26N4O3S. The van der Waals surface area contributed by atoms with Gasteiger partial charge in [0, 0.05) is 48.8 Å². The molecule has 0 atom stereocenters. The Hall–Kier alpha value is -3.25. The van der Waals surface area contributed by atoms with E-state index in [-0.39, 0.29) is 35.9 Å². The normalized spacial score (nSPS) is 15.3. The molecule has 8 heteroatoms. The molecule has 0 saturated carbocycles. The number of para-hydroxylation sites is 1. The van der Waals surface area contributed by atoms with Crippen molar-refractivity contribution in [3.63, 3.8) is 0 Å². The lowest BCUT2D eigenvalue weighted by Crippen LogP contribution is -2.49. The van der Waals surface area contributed by atoms with E-state index in [0.29, 0.717) is 18.7 Å². The first-order chi connectivity index (χ1) is 15.8. The fourth-order valence-corrected chi connectivity index (χ4v) is 5.92. The molecule has 0 unspecified atom stereocenters. The van der Waals surface area contributed by atoms with E-state index >= 15 is 0 Å². The number of Topliss-reactive ketones (excluding diaryl/α,β-unsaturated/α-hetero) is 1. The van der Waals surface area contributed by atoms with Crippen LogP contribution in [0.3, 0.4) is 0 Å². The van der Waals surface area contributed by atoms with Crippen LogP contribution < -0.4 is 0 Å². The van der Waals surface area contributed by atoms with Gasteiger partial charge >= 0.3 is 0 Å². The monoisotopic (exact) mass is 462 g/mol. The molecule has 1 fully saturated rings. The minimum atomic E-state index is -3.75. The number of nitrogens with zero attached hydrogens (tertiary/aromatic N) is 4. The van der Waals surface area contributed by atoms with Gasteiger partial charge in [0.15, 0.2) is 5.78 Å². The van der Waals surface area contributed by atoms with Gasteiger partial charge < -0.3 is 4.57 Å². The Bertz CT molecular complexity index is 1320. The Labute approximate surface area is 194 Å². The fraction of sp³-hybridized carbons (Fsp3) is 0.280. The van der Waals surface area contributed by atoms with Gasteiger partial charge in [0.2, 0.25) is 10.0 Å². The number of carbonyl (C=O) groups is 1. The predicted octanol–water partition coefficient (Wildman–Crippen LogP) is 3.16.